The lowest BCUT2D eigenvalue weighted by molar-refractivity contribution is 0.205. The minimum atomic E-state index is -0.413. The van der Waals surface area contributed by atoms with E-state index >= 15 is 0 Å². The summed E-state index contributed by atoms with van der Waals surface area (Å²) < 4.78 is 13.2. The number of nitrogens with zero attached hydrogens (tertiary/aromatic N) is 1. The molecule has 0 aliphatic carbocycles. The molecule has 3 rings (SSSR count). The zero-order chi connectivity index (χ0) is 20.3. The van der Waals surface area contributed by atoms with Crippen LogP contribution in [0.5, 0.6) is 0 Å². The van der Waals surface area contributed by atoms with Crippen LogP contribution in [-0.2, 0) is 0 Å². The topological polar surface area (TPSA) is 81.0 Å². The molecule has 0 saturated heterocycles. The maximum absolute atomic E-state index is 13.2. The van der Waals surface area contributed by atoms with Gasteiger partial charge < -0.3 is 20.2 Å². The molecule has 28 heavy (non-hydrogen) atoms. The molecule has 1 aliphatic rings. The molecule has 0 saturated carbocycles. The van der Waals surface area contributed by atoms with Crippen molar-refractivity contribution in [1.82, 2.24) is 20.2 Å². The molecular weight excluding hydrogens is 359 g/mol. The average molecular weight is 382 g/mol. The van der Waals surface area contributed by atoms with Crippen molar-refractivity contribution in [3.63, 3.8) is 0 Å². The van der Waals surface area contributed by atoms with Gasteiger partial charge in [-0.25, -0.2) is 4.39 Å². The second kappa shape index (κ2) is 7.72. The normalized spacial score (nSPS) is 16.0. The molecule has 1 aliphatic heterocycles. The molecule has 6 nitrogen and oxygen atoms in total. The molecule has 0 radical (unpaired) electrons. The molecule has 3 N–H and O–H groups in total. The van der Waals surface area contributed by atoms with E-state index in [1.807, 2.05) is 6.20 Å². The van der Waals surface area contributed by atoms with E-state index in [9.17, 15) is 14.0 Å². The minimum absolute atomic E-state index is 0.126. The van der Waals surface area contributed by atoms with Crippen LogP contribution in [0.3, 0.4) is 0 Å². The Labute approximate surface area is 161 Å². The molecule has 7 heteroatoms. The van der Waals surface area contributed by atoms with Crippen LogP contribution < -0.4 is 27.1 Å². The summed E-state index contributed by atoms with van der Waals surface area (Å²) in [6.07, 6.45) is 8.18. The second-order valence-corrected chi connectivity index (χ2v) is 7.49. The lowest BCUT2D eigenvalue weighted by Gasteiger charge is -2.34. The van der Waals surface area contributed by atoms with E-state index in [-0.39, 0.29) is 22.1 Å². The van der Waals surface area contributed by atoms with Crippen LogP contribution in [-0.4, -0.2) is 27.1 Å². The van der Waals surface area contributed by atoms with Gasteiger partial charge in [0.2, 0.25) is 0 Å². The van der Waals surface area contributed by atoms with Crippen molar-refractivity contribution in [2.24, 2.45) is 0 Å². The number of benzene rings is 1. The summed E-state index contributed by atoms with van der Waals surface area (Å²) in [6.45, 7) is 6.83. The minimum Gasteiger partial charge on any atom is -0.372 e. The fourth-order valence-electron chi connectivity index (χ4n) is 2.88. The number of H-pyrrole nitrogens is 2. The first-order valence-electron chi connectivity index (χ1n) is 8.93. The monoisotopic (exact) mass is 382 g/mol. The number of allylic oxidation sites excluding steroid dienone is 2. The Morgan fingerprint density at radius 1 is 1.11 bits per heavy atom. The molecule has 0 unspecified atom stereocenters. The Balaban J connectivity index is 1.94. The third-order valence-electron chi connectivity index (χ3n) is 4.30. The van der Waals surface area contributed by atoms with Crippen LogP contribution in [0.4, 0.5) is 4.39 Å². The number of aromatic nitrogens is 2. The molecule has 0 bridgehead atoms. The third-order valence-corrected chi connectivity index (χ3v) is 4.30. The summed E-state index contributed by atoms with van der Waals surface area (Å²) in [4.78, 5) is 32.0. The van der Waals surface area contributed by atoms with Crippen molar-refractivity contribution < 1.29 is 4.39 Å². The molecule has 146 valence electrons. The van der Waals surface area contributed by atoms with E-state index in [2.05, 4.69) is 41.0 Å². The maximum Gasteiger partial charge on any atom is 0.272 e. The van der Waals surface area contributed by atoms with E-state index < -0.39 is 11.1 Å². The molecule has 1 aromatic heterocycles. The quantitative estimate of drug-likeness (QED) is 0.739. The van der Waals surface area contributed by atoms with Crippen LogP contribution in [0.15, 0.2) is 51.8 Å². The van der Waals surface area contributed by atoms with Gasteiger partial charge in [-0.05, 0) is 50.6 Å². The van der Waals surface area contributed by atoms with Crippen molar-refractivity contribution >= 4 is 18.2 Å². The Kier molecular flexibility index (Phi) is 5.35. The van der Waals surface area contributed by atoms with Gasteiger partial charge >= 0.3 is 0 Å². The molecule has 2 aromatic rings. The average Bonchev–Trinajstić information content (AvgIpc) is 3.08. The fourth-order valence-corrected chi connectivity index (χ4v) is 2.88. The van der Waals surface area contributed by atoms with Crippen molar-refractivity contribution in [2.75, 3.05) is 6.67 Å². The Bertz CT molecular complexity index is 1170. The zero-order valence-corrected chi connectivity index (χ0v) is 16.0. The van der Waals surface area contributed by atoms with Gasteiger partial charge in [0.1, 0.15) is 16.5 Å². The highest BCUT2D eigenvalue weighted by Crippen LogP contribution is 2.21. The van der Waals surface area contributed by atoms with Crippen molar-refractivity contribution in [3.8, 4) is 0 Å². The SMILES string of the molecule is CC(C)(C)N1CNC=C1/C=c1\[nH]c(=O)/c(=C/C=C/c2cccc(F)c2)[nH]c1=O. The van der Waals surface area contributed by atoms with Crippen LogP contribution in [0.2, 0.25) is 0 Å². The highest BCUT2D eigenvalue weighted by molar-refractivity contribution is 5.57. The van der Waals surface area contributed by atoms with Crippen molar-refractivity contribution in [3.05, 3.63) is 85.0 Å². The Morgan fingerprint density at radius 3 is 2.54 bits per heavy atom. The molecule has 2 heterocycles. The summed E-state index contributed by atoms with van der Waals surface area (Å²) in [5.41, 5.74) is 0.531. The predicted octanol–water partition coefficient (Wildman–Crippen LogP) is 0.979. The predicted molar refractivity (Wildman–Crippen MR) is 109 cm³/mol. The molecule has 1 aromatic carbocycles. The first-order valence-corrected chi connectivity index (χ1v) is 8.93. The van der Waals surface area contributed by atoms with Gasteiger partial charge in [-0.2, -0.15) is 0 Å². The number of nitrogens with one attached hydrogen (secondary N) is 3. The first kappa shape index (κ1) is 19.4. The second-order valence-electron chi connectivity index (χ2n) is 7.49. The maximum atomic E-state index is 13.2. The van der Waals surface area contributed by atoms with Gasteiger partial charge in [-0.3, -0.25) is 9.59 Å². The summed E-state index contributed by atoms with van der Waals surface area (Å²) in [5, 5.41) is 3.44. The molecule has 0 amide bonds. The van der Waals surface area contributed by atoms with Gasteiger partial charge in [0, 0.05) is 11.7 Å². The number of rotatable bonds is 3. The number of aromatic amines is 2. The van der Waals surface area contributed by atoms with Gasteiger partial charge in [0.25, 0.3) is 11.1 Å². The van der Waals surface area contributed by atoms with E-state index in [1.54, 1.807) is 30.4 Å². The van der Waals surface area contributed by atoms with E-state index in [4.69, 9.17) is 0 Å². The number of hydrogen-bond acceptors (Lipinski definition) is 4. The largest absolute Gasteiger partial charge is 0.372 e. The Morgan fingerprint density at radius 2 is 1.82 bits per heavy atom. The summed E-state index contributed by atoms with van der Waals surface area (Å²) in [5.74, 6) is -0.340. The van der Waals surface area contributed by atoms with Crippen molar-refractivity contribution in [1.29, 1.82) is 0 Å². The highest BCUT2D eigenvalue weighted by atomic mass is 19.1. The van der Waals surface area contributed by atoms with E-state index in [0.29, 0.717) is 12.2 Å². The zero-order valence-electron chi connectivity index (χ0n) is 16.0. The van der Waals surface area contributed by atoms with Gasteiger partial charge in [0.05, 0.1) is 12.4 Å². The van der Waals surface area contributed by atoms with Crippen LogP contribution >= 0.6 is 0 Å². The summed E-state index contributed by atoms with van der Waals surface area (Å²) >= 11 is 0. The van der Waals surface area contributed by atoms with Crippen LogP contribution in [0.25, 0.3) is 18.2 Å². The van der Waals surface area contributed by atoms with Crippen LogP contribution in [0, 0.1) is 5.82 Å². The molecule has 0 spiro atoms. The standard InChI is InChI=1S/C21H23FN4O2/c1-21(2,3)26-13-23-12-16(26)11-18-20(28)24-17(19(27)25-18)9-5-7-14-6-4-8-15(22)10-14/h4-12,23H,13H2,1-3H3,(H,24,28)(H,25,27)/b7-5+,17-9-,18-11-. The van der Waals surface area contributed by atoms with E-state index in [0.717, 1.165) is 5.70 Å². The molecule has 0 atom stereocenters. The highest BCUT2D eigenvalue weighted by Gasteiger charge is 2.25. The lowest BCUT2D eigenvalue weighted by atomic mass is 10.1. The molecule has 0 fully saturated rings. The first-order chi connectivity index (χ1) is 13.2. The summed E-state index contributed by atoms with van der Waals surface area (Å²) in [6, 6.07) is 6.07. The van der Waals surface area contributed by atoms with Gasteiger partial charge in [0.15, 0.2) is 0 Å². The third kappa shape index (κ3) is 4.49. The molecular formula is C21H23FN4O2. The Hall–Kier alpha value is -3.35. The smallest absolute Gasteiger partial charge is 0.272 e. The lowest BCUT2D eigenvalue weighted by Crippen LogP contribution is -2.47. The van der Waals surface area contributed by atoms with Gasteiger partial charge in [-0.1, -0.05) is 24.3 Å². The summed E-state index contributed by atoms with van der Waals surface area (Å²) in [7, 11) is 0. The number of hydrogen-bond donors (Lipinski definition) is 3. The number of halogens is 1. The van der Waals surface area contributed by atoms with Crippen molar-refractivity contribution in [2.45, 2.75) is 26.3 Å². The van der Waals surface area contributed by atoms with Gasteiger partial charge in [-0.15, -0.1) is 0 Å². The fraction of sp³-hybridized carbons (Fsp3) is 0.238. The van der Waals surface area contributed by atoms with Crippen LogP contribution in [0.1, 0.15) is 26.3 Å². The van der Waals surface area contributed by atoms with E-state index in [1.165, 1.54) is 18.2 Å².